The fourth-order valence-corrected chi connectivity index (χ4v) is 2.87. The highest BCUT2D eigenvalue weighted by Gasteiger charge is 2.16. The van der Waals surface area contributed by atoms with Crippen molar-refractivity contribution >= 4 is 17.4 Å². The summed E-state index contributed by atoms with van der Waals surface area (Å²) in [6.07, 6.45) is 0.249. The van der Waals surface area contributed by atoms with E-state index >= 15 is 0 Å². The van der Waals surface area contributed by atoms with Crippen molar-refractivity contribution in [1.29, 1.82) is 0 Å². The summed E-state index contributed by atoms with van der Waals surface area (Å²) in [5.41, 5.74) is 4.23. The van der Waals surface area contributed by atoms with Gasteiger partial charge < -0.3 is 20.3 Å². The molecule has 3 rings (SSSR count). The molecule has 1 heterocycles. The molecule has 1 atom stereocenters. The van der Waals surface area contributed by atoms with Crippen LogP contribution in [0.25, 0.3) is 0 Å². The number of hydrogen-bond donors (Lipinski definition) is 2. The summed E-state index contributed by atoms with van der Waals surface area (Å²) >= 11 is 0. The number of hydrogen-bond acceptors (Lipinski definition) is 3. The average molecular weight is 339 g/mol. The average Bonchev–Trinajstić information content (AvgIpc) is 2.62. The third kappa shape index (κ3) is 4.97. The zero-order valence-electron chi connectivity index (χ0n) is 14.8. The number of nitrogens with one attached hydrogen (secondary N) is 2. The van der Waals surface area contributed by atoms with Crippen LogP contribution in [-0.2, 0) is 11.3 Å². The molecular formula is C20H25N3O2. The van der Waals surface area contributed by atoms with Crippen molar-refractivity contribution in [1.82, 2.24) is 5.32 Å². The van der Waals surface area contributed by atoms with Crippen LogP contribution in [0.4, 0.5) is 16.2 Å². The minimum atomic E-state index is -0.201. The fourth-order valence-electron chi connectivity index (χ4n) is 2.87. The van der Waals surface area contributed by atoms with Crippen LogP contribution in [0.15, 0.2) is 48.5 Å². The van der Waals surface area contributed by atoms with E-state index in [4.69, 9.17) is 4.74 Å². The van der Waals surface area contributed by atoms with Crippen molar-refractivity contribution in [3.05, 3.63) is 59.7 Å². The van der Waals surface area contributed by atoms with Gasteiger partial charge in [-0.15, -0.1) is 0 Å². The van der Waals surface area contributed by atoms with Gasteiger partial charge in [-0.2, -0.15) is 0 Å². The predicted octanol–water partition coefficient (Wildman–Crippen LogP) is 3.54. The first-order valence-corrected chi connectivity index (χ1v) is 8.67. The Kier molecular flexibility index (Phi) is 5.56. The van der Waals surface area contributed by atoms with Gasteiger partial charge in [-0.25, -0.2) is 4.79 Å². The molecule has 0 radical (unpaired) electrons. The highest BCUT2D eigenvalue weighted by molar-refractivity contribution is 5.89. The molecule has 2 amide bonds. The van der Waals surface area contributed by atoms with Gasteiger partial charge in [-0.1, -0.05) is 29.8 Å². The van der Waals surface area contributed by atoms with Crippen molar-refractivity contribution in [2.24, 2.45) is 0 Å². The van der Waals surface area contributed by atoms with Crippen LogP contribution in [0.1, 0.15) is 18.1 Å². The Morgan fingerprint density at radius 2 is 1.88 bits per heavy atom. The zero-order valence-corrected chi connectivity index (χ0v) is 14.8. The Morgan fingerprint density at radius 1 is 1.16 bits per heavy atom. The second kappa shape index (κ2) is 8.03. The van der Waals surface area contributed by atoms with Gasteiger partial charge in [0.2, 0.25) is 0 Å². The van der Waals surface area contributed by atoms with Crippen molar-refractivity contribution in [2.75, 3.05) is 29.9 Å². The number of aryl methyl sites for hydroxylation is 1. The third-order valence-corrected chi connectivity index (χ3v) is 4.31. The second-order valence-corrected chi connectivity index (χ2v) is 6.47. The summed E-state index contributed by atoms with van der Waals surface area (Å²) in [6, 6.07) is 15.9. The van der Waals surface area contributed by atoms with Crippen LogP contribution in [0.3, 0.4) is 0 Å². The number of rotatable bonds is 4. The molecule has 0 bridgehead atoms. The molecule has 0 aliphatic carbocycles. The van der Waals surface area contributed by atoms with Crippen molar-refractivity contribution in [2.45, 2.75) is 26.5 Å². The molecular weight excluding hydrogens is 314 g/mol. The quantitative estimate of drug-likeness (QED) is 0.896. The summed E-state index contributed by atoms with van der Waals surface area (Å²) in [6.45, 7) is 7.18. The van der Waals surface area contributed by atoms with E-state index in [0.29, 0.717) is 6.54 Å². The maximum absolute atomic E-state index is 12.0. The lowest BCUT2D eigenvalue weighted by atomic mass is 10.1. The summed E-state index contributed by atoms with van der Waals surface area (Å²) < 4.78 is 5.57. The third-order valence-electron chi connectivity index (χ3n) is 4.31. The molecule has 2 aromatic carbocycles. The number of anilines is 2. The van der Waals surface area contributed by atoms with Crippen molar-refractivity contribution < 1.29 is 9.53 Å². The molecule has 1 aliphatic heterocycles. The smallest absolute Gasteiger partial charge is 0.319 e. The van der Waals surface area contributed by atoms with Gasteiger partial charge >= 0.3 is 6.03 Å². The van der Waals surface area contributed by atoms with E-state index in [0.717, 1.165) is 36.6 Å². The highest BCUT2D eigenvalue weighted by atomic mass is 16.5. The molecule has 1 aliphatic rings. The van der Waals surface area contributed by atoms with E-state index < -0.39 is 0 Å². The number of urea groups is 1. The van der Waals surface area contributed by atoms with Crippen LogP contribution in [-0.4, -0.2) is 31.8 Å². The Morgan fingerprint density at radius 3 is 2.56 bits per heavy atom. The van der Waals surface area contributed by atoms with Crippen LogP contribution < -0.4 is 15.5 Å². The number of morpholine rings is 1. The lowest BCUT2D eigenvalue weighted by molar-refractivity contribution is 0.0532. The lowest BCUT2D eigenvalue weighted by Gasteiger charge is -2.33. The molecule has 5 heteroatoms. The topological polar surface area (TPSA) is 53.6 Å². The van der Waals surface area contributed by atoms with Crippen LogP contribution in [0, 0.1) is 6.92 Å². The molecule has 1 fully saturated rings. The summed E-state index contributed by atoms with van der Waals surface area (Å²) in [4.78, 5) is 14.3. The molecule has 2 N–H and O–H groups in total. The first kappa shape index (κ1) is 17.3. The van der Waals surface area contributed by atoms with Crippen LogP contribution in [0.5, 0.6) is 0 Å². The molecule has 132 valence electrons. The minimum absolute atomic E-state index is 0.201. The van der Waals surface area contributed by atoms with Crippen LogP contribution in [0.2, 0.25) is 0 Å². The van der Waals surface area contributed by atoms with Gasteiger partial charge in [0.05, 0.1) is 12.7 Å². The molecule has 0 aromatic heterocycles. The van der Waals surface area contributed by atoms with Gasteiger partial charge in [-0.3, -0.25) is 0 Å². The summed E-state index contributed by atoms with van der Waals surface area (Å²) in [5, 5.41) is 5.74. The van der Waals surface area contributed by atoms with Crippen molar-refractivity contribution in [3.63, 3.8) is 0 Å². The van der Waals surface area contributed by atoms with Crippen LogP contribution >= 0.6 is 0 Å². The molecule has 5 nitrogen and oxygen atoms in total. The largest absolute Gasteiger partial charge is 0.375 e. The second-order valence-electron chi connectivity index (χ2n) is 6.47. The number of nitrogens with zero attached hydrogens (tertiary/aromatic N) is 1. The Bertz CT molecular complexity index is 698. The number of carbonyl (C=O) groups excluding carboxylic acids is 1. The molecule has 25 heavy (non-hydrogen) atoms. The molecule has 0 spiro atoms. The first-order valence-electron chi connectivity index (χ1n) is 8.67. The number of benzene rings is 2. The van der Waals surface area contributed by atoms with Gasteiger partial charge in [0, 0.05) is 31.0 Å². The van der Waals surface area contributed by atoms with E-state index in [1.54, 1.807) is 0 Å². The summed E-state index contributed by atoms with van der Waals surface area (Å²) in [5.74, 6) is 0. The standard InChI is InChI=1S/C20H25N3O2/c1-15-3-5-17(6-4-15)13-21-20(24)22-18-7-9-19(10-8-18)23-11-12-25-16(2)14-23/h3-10,16H,11-14H2,1-2H3,(H2,21,22,24). The number of ether oxygens (including phenoxy) is 1. The van der Waals surface area contributed by atoms with Gasteiger partial charge in [0.15, 0.2) is 0 Å². The zero-order chi connectivity index (χ0) is 17.6. The van der Waals surface area contributed by atoms with Gasteiger partial charge in [0.1, 0.15) is 0 Å². The Labute approximate surface area is 149 Å². The summed E-state index contributed by atoms with van der Waals surface area (Å²) in [7, 11) is 0. The maximum Gasteiger partial charge on any atom is 0.319 e. The lowest BCUT2D eigenvalue weighted by Crippen LogP contribution is -2.41. The Balaban J connectivity index is 1.50. The highest BCUT2D eigenvalue weighted by Crippen LogP contribution is 2.20. The fraction of sp³-hybridized carbons (Fsp3) is 0.350. The SMILES string of the molecule is Cc1ccc(CNC(=O)Nc2ccc(N3CCOC(C)C3)cc2)cc1. The molecule has 0 saturated carbocycles. The number of amides is 2. The first-order chi connectivity index (χ1) is 12.1. The Hall–Kier alpha value is -2.53. The van der Waals surface area contributed by atoms with E-state index in [1.165, 1.54) is 5.56 Å². The maximum atomic E-state index is 12.0. The molecule has 2 aromatic rings. The number of carbonyl (C=O) groups is 1. The van der Waals surface area contributed by atoms with E-state index in [9.17, 15) is 4.79 Å². The van der Waals surface area contributed by atoms with E-state index in [2.05, 4.69) is 22.5 Å². The normalized spacial score (nSPS) is 17.2. The van der Waals surface area contributed by atoms with Gasteiger partial charge in [0.25, 0.3) is 0 Å². The predicted molar refractivity (Wildman–Crippen MR) is 101 cm³/mol. The monoisotopic (exact) mass is 339 g/mol. The van der Waals surface area contributed by atoms with E-state index in [-0.39, 0.29) is 12.1 Å². The molecule has 1 saturated heterocycles. The minimum Gasteiger partial charge on any atom is -0.375 e. The van der Waals surface area contributed by atoms with Crippen molar-refractivity contribution in [3.8, 4) is 0 Å². The van der Waals surface area contributed by atoms with E-state index in [1.807, 2.05) is 55.5 Å². The molecule has 1 unspecified atom stereocenters. The van der Waals surface area contributed by atoms with Gasteiger partial charge in [-0.05, 0) is 43.7 Å².